The summed E-state index contributed by atoms with van der Waals surface area (Å²) >= 11 is 6.65. The van der Waals surface area contributed by atoms with E-state index in [0.717, 1.165) is 4.47 Å². The molecule has 0 aliphatic carbocycles. The van der Waals surface area contributed by atoms with Crippen LogP contribution in [0.25, 0.3) is 0 Å². The van der Waals surface area contributed by atoms with Gasteiger partial charge in [0.2, 0.25) is 10.0 Å². The van der Waals surface area contributed by atoms with E-state index < -0.39 is 10.0 Å². The molecule has 0 N–H and O–H groups in total. The van der Waals surface area contributed by atoms with Gasteiger partial charge in [0.05, 0.1) is 17.1 Å². The first kappa shape index (κ1) is 15.4. The van der Waals surface area contributed by atoms with E-state index in [1.807, 2.05) is 13.0 Å². The predicted molar refractivity (Wildman–Crippen MR) is 81.0 cm³/mol. The average Bonchev–Trinajstić information content (AvgIpc) is 2.38. The fourth-order valence-electron chi connectivity index (χ4n) is 2.06. The Labute approximate surface area is 130 Å². The highest BCUT2D eigenvalue weighted by atomic mass is 79.9. The van der Waals surface area contributed by atoms with Crippen molar-refractivity contribution in [3.05, 3.63) is 28.7 Å². The van der Waals surface area contributed by atoms with Crippen LogP contribution < -0.4 is 0 Å². The molecule has 2 atom stereocenters. The van der Waals surface area contributed by atoms with E-state index in [0.29, 0.717) is 23.3 Å². The minimum Gasteiger partial charge on any atom is -0.372 e. The van der Waals surface area contributed by atoms with Crippen LogP contribution in [0.4, 0.5) is 0 Å². The lowest BCUT2D eigenvalue weighted by Crippen LogP contribution is -2.49. The zero-order chi connectivity index (χ0) is 14.0. The van der Waals surface area contributed by atoms with Gasteiger partial charge in [-0.25, -0.2) is 8.42 Å². The quantitative estimate of drug-likeness (QED) is 0.717. The monoisotopic (exact) mass is 411 g/mol. The van der Waals surface area contributed by atoms with Gasteiger partial charge >= 0.3 is 0 Å². The molecule has 0 amide bonds. The van der Waals surface area contributed by atoms with Crippen molar-refractivity contribution in [2.75, 3.05) is 18.4 Å². The van der Waals surface area contributed by atoms with Crippen LogP contribution in [0.2, 0.25) is 0 Å². The summed E-state index contributed by atoms with van der Waals surface area (Å²) in [6.45, 7) is 2.65. The Hall–Kier alpha value is 0.0500. The van der Waals surface area contributed by atoms with Crippen LogP contribution >= 0.6 is 31.9 Å². The third-order valence-electron chi connectivity index (χ3n) is 2.90. The third-order valence-corrected chi connectivity index (χ3v) is 5.94. The molecule has 0 spiro atoms. The van der Waals surface area contributed by atoms with Crippen LogP contribution in [0, 0.1) is 0 Å². The number of hydrogen-bond acceptors (Lipinski definition) is 3. The zero-order valence-corrected chi connectivity index (χ0v) is 14.4. The first-order chi connectivity index (χ1) is 8.93. The molecule has 0 bridgehead atoms. The van der Waals surface area contributed by atoms with Crippen molar-refractivity contribution in [1.29, 1.82) is 0 Å². The van der Waals surface area contributed by atoms with E-state index in [4.69, 9.17) is 4.74 Å². The Bertz CT molecular complexity index is 550. The van der Waals surface area contributed by atoms with Crippen LogP contribution in [-0.4, -0.2) is 43.4 Å². The normalized spacial score (nSPS) is 25.4. The topological polar surface area (TPSA) is 46.6 Å². The van der Waals surface area contributed by atoms with Crippen molar-refractivity contribution in [1.82, 2.24) is 4.31 Å². The fourth-order valence-corrected chi connectivity index (χ4v) is 4.56. The molecule has 2 rings (SSSR count). The van der Waals surface area contributed by atoms with Crippen LogP contribution in [0.5, 0.6) is 0 Å². The van der Waals surface area contributed by atoms with Crippen LogP contribution in [-0.2, 0) is 14.8 Å². The summed E-state index contributed by atoms with van der Waals surface area (Å²) in [5, 5.41) is 0.627. The van der Waals surface area contributed by atoms with Gasteiger partial charge in [0.1, 0.15) is 0 Å². The number of morpholine rings is 1. The Balaban J connectivity index is 2.29. The molecule has 1 fully saturated rings. The summed E-state index contributed by atoms with van der Waals surface area (Å²) in [6.07, 6.45) is -0.205. The lowest BCUT2D eigenvalue weighted by atomic mass is 10.3. The maximum atomic E-state index is 12.6. The van der Waals surface area contributed by atoms with Crippen LogP contribution in [0.3, 0.4) is 0 Å². The number of nitrogens with zero attached hydrogens (tertiary/aromatic N) is 1. The fraction of sp³-hybridized carbons (Fsp3) is 0.500. The Morgan fingerprint density at radius 3 is 2.79 bits per heavy atom. The highest BCUT2D eigenvalue weighted by molar-refractivity contribution is 9.10. The van der Waals surface area contributed by atoms with Gasteiger partial charge < -0.3 is 4.74 Å². The number of halogens is 2. The van der Waals surface area contributed by atoms with E-state index in [1.165, 1.54) is 4.31 Å². The maximum absolute atomic E-state index is 12.6. The number of benzene rings is 1. The number of hydrogen-bond donors (Lipinski definition) is 0. The molecule has 19 heavy (non-hydrogen) atoms. The van der Waals surface area contributed by atoms with Crippen molar-refractivity contribution in [3.8, 4) is 0 Å². The van der Waals surface area contributed by atoms with Gasteiger partial charge in [-0.1, -0.05) is 37.9 Å². The van der Waals surface area contributed by atoms with Gasteiger partial charge in [-0.15, -0.1) is 0 Å². The molecule has 106 valence electrons. The van der Waals surface area contributed by atoms with Gasteiger partial charge in [0.15, 0.2) is 0 Å². The SMILES string of the molecule is CC1CN(S(=O)(=O)c2cccc(Br)c2)CC(CBr)O1. The summed E-state index contributed by atoms with van der Waals surface area (Å²) in [5.41, 5.74) is 0. The average molecular weight is 413 g/mol. The lowest BCUT2D eigenvalue weighted by Gasteiger charge is -2.35. The second-order valence-electron chi connectivity index (χ2n) is 4.50. The number of alkyl halides is 1. The Kier molecular flexibility index (Phi) is 5.05. The van der Waals surface area contributed by atoms with E-state index in [1.54, 1.807) is 18.2 Å². The van der Waals surface area contributed by atoms with E-state index in [2.05, 4.69) is 31.9 Å². The molecule has 0 radical (unpaired) electrons. The van der Waals surface area contributed by atoms with Crippen molar-refractivity contribution < 1.29 is 13.2 Å². The summed E-state index contributed by atoms with van der Waals surface area (Å²) in [4.78, 5) is 0.310. The summed E-state index contributed by atoms with van der Waals surface area (Å²) in [5.74, 6) is 0. The smallest absolute Gasteiger partial charge is 0.243 e. The highest BCUT2D eigenvalue weighted by Crippen LogP contribution is 2.23. The van der Waals surface area contributed by atoms with Gasteiger partial charge in [0.25, 0.3) is 0 Å². The molecular weight excluding hydrogens is 398 g/mol. The number of rotatable bonds is 3. The zero-order valence-electron chi connectivity index (χ0n) is 10.4. The summed E-state index contributed by atoms with van der Waals surface area (Å²) in [6, 6.07) is 6.77. The minimum absolute atomic E-state index is 0.0989. The molecule has 1 aromatic carbocycles. The predicted octanol–water partition coefficient (Wildman–Crippen LogP) is 2.62. The van der Waals surface area contributed by atoms with Crippen molar-refractivity contribution in [2.45, 2.75) is 24.0 Å². The molecule has 0 aromatic heterocycles. The van der Waals surface area contributed by atoms with Crippen molar-refractivity contribution in [2.24, 2.45) is 0 Å². The van der Waals surface area contributed by atoms with Crippen molar-refractivity contribution >= 4 is 41.9 Å². The summed E-state index contributed by atoms with van der Waals surface area (Å²) in [7, 11) is -3.46. The molecule has 1 aliphatic heterocycles. The summed E-state index contributed by atoms with van der Waals surface area (Å²) < 4.78 is 33.1. The van der Waals surface area contributed by atoms with E-state index in [-0.39, 0.29) is 12.2 Å². The molecule has 7 heteroatoms. The maximum Gasteiger partial charge on any atom is 0.243 e. The number of ether oxygens (including phenoxy) is 1. The Morgan fingerprint density at radius 2 is 2.16 bits per heavy atom. The lowest BCUT2D eigenvalue weighted by molar-refractivity contribution is -0.0411. The molecule has 4 nitrogen and oxygen atoms in total. The third kappa shape index (κ3) is 3.58. The second kappa shape index (κ2) is 6.22. The van der Waals surface area contributed by atoms with Crippen LogP contribution in [0.15, 0.2) is 33.6 Å². The molecule has 1 aromatic rings. The van der Waals surface area contributed by atoms with E-state index >= 15 is 0 Å². The number of sulfonamides is 1. The highest BCUT2D eigenvalue weighted by Gasteiger charge is 2.33. The molecule has 2 unspecified atom stereocenters. The molecular formula is C12H15Br2NO3S. The molecule has 1 saturated heterocycles. The molecule has 1 aliphatic rings. The second-order valence-corrected chi connectivity index (χ2v) is 8.00. The van der Waals surface area contributed by atoms with Gasteiger partial charge in [0, 0.05) is 22.9 Å². The van der Waals surface area contributed by atoms with Crippen LogP contribution in [0.1, 0.15) is 6.92 Å². The van der Waals surface area contributed by atoms with Gasteiger partial charge in [-0.2, -0.15) is 4.31 Å². The molecule has 1 heterocycles. The standard InChI is InChI=1S/C12H15Br2NO3S/c1-9-7-15(8-11(6-13)18-9)19(16,17)12-4-2-3-10(14)5-12/h2-5,9,11H,6-8H2,1H3. The minimum atomic E-state index is -3.46. The van der Waals surface area contributed by atoms with Gasteiger partial charge in [-0.3, -0.25) is 0 Å². The van der Waals surface area contributed by atoms with Gasteiger partial charge in [-0.05, 0) is 25.1 Å². The van der Waals surface area contributed by atoms with E-state index in [9.17, 15) is 8.42 Å². The largest absolute Gasteiger partial charge is 0.372 e. The first-order valence-electron chi connectivity index (χ1n) is 5.90. The van der Waals surface area contributed by atoms with Crippen molar-refractivity contribution in [3.63, 3.8) is 0 Å². The Morgan fingerprint density at radius 1 is 1.42 bits per heavy atom. The first-order valence-corrected chi connectivity index (χ1v) is 9.26. The molecule has 0 saturated carbocycles.